The van der Waals surface area contributed by atoms with Crippen LogP contribution in [0.4, 0.5) is 5.69 Å². The molecule has 0 bridgehead atoms. The van der Waals surface area contributed by atoms with Crippen LogP contribution < -0.4 is 4.72 Å². The molecule has 4 nitrogen and oxygen atoms in total. The van der Waals surface area contributed by atoms with Crippen molar-refractivity contribution in [1.29, 1.82) is 0 Å². The van der Waals surface area contributed by atoms with E-state index in [2.05, 4.69) is 9.71 Å². The van der Waals surface area contributed by atoms with Crippen molar-refractivity contribution in [2.24, 2.45) is 0 Å². The van der Waals surface area contributed by atoms with Crippen LogP contribution in [0.15, 0.2) is 34.7 Å². The quantitative estimate of drug-likeness (QED) is 0.863. The first-order valence-corrected chi connectivity index (χ1v) is 8.45. The SMILES string of the molecule is Cc1ncc(S(=O)(=O)Nc2ccc(CCCl)cc2)s1. The summed E-state index contributed by atoms with van der Waals surface area (Å²) in [5.41, 5.74) is 1.61. The molecule has 102 valence electrons. The summed E-state index contributed by atoms with van der Waals surface area (Å²) in [5, 5.41) is 0.720. The van der Waals surface area contributed by atoms with Crippen molar-refractivity contribution in [1.82, 2.24) is 4.98 Å². The fourth-order valence-corrected chi connectivity index (χ4v) is 3.90. The molecule has 7 heteroatoms. The fourth-order valence-electron chi connectivity index (χ4n) is 1.52. The largest absolute Gasteiger partial charge is 0.279 e. The molecule has 1 heterocycles. The van der Waals surface area contributed by atoms with Gasteiger partial charge in [0.2, 0.25) is 0 Å². The van der Waals surface area contributed by atoms with E-state index in [9.17, 15) is 8.42 Å². The predicted molar refractivity (Wildman–Crippen MR) is 78.5 cm³/mol. The van der Waals surface area contributed by atoms with Gasteiger partial charge in [0.25, 0.3) is 10.0 Å². The van der Waals surface area contributed by atoms with Crippen LogP contribution >= 0.6 is 22.9 Å². The number of thiazole rings is 1. The Balaban J connectivity index is 2.16. The summed E-state index contributed by atoms with van der Waals surface area (Å²) in [7, 11) is -3.54. The number of halogens is 1. The molecule has 1 aromatic carbocycles. The average molecular weight is 317 g/mol. The predicted octanol–water partition coefficient (Wildman–Crippen LogP) is 3.03. The highest BCUT2D eigenvalue weighted by atomic mass is 35.5. The van der Waals surface area contributed by atoms with Gasteiger partial charge in [-0.05, 0) is 31.0 Å². The lowest BCUT2D eigenvalue weighted by molar-refractivity contribution is 0.603. The molecule has 0 radical (unpaired) electrons. The van der Waals surface area contributed by atoms with Crippen molar-refractivity contribution in [2.45, 2.75) is 17.6 Å². The van der Waals surface area contributed by atoms with Gasteiger partial charge in [-0.2, -0.15) is 0 Å². The Kier molecular flexibility index (Phi) is 4.44. The third kappa shape index (κ3) is 3.68. The van der Waals surface area contributed by atoms with Crippen LogP contribution in [-0.2, 0) is 16.4 Å². The van der Waals surface area contributed by atoms with Crippen LogP contribution in [0.5, 0.6) is 0 Å². The molecule has 0 amide bonds. The van der Waals surface area contributed by atoms with E-state index >= 15 is 0 Å². The molecule has 0 spiro atoms. The molecule has 19 heavy (non-hydrogen) atoms. The third-order valence-electron chi connectivity index (χ3n) is 2.45. The molecule has 0 unspecified atom stereocenters. The second-order valence-corrected chi connectivity index (χ2v) is 7.46. The van der Waals surface area contributed by atoms with Crippen LogP contribution in [0.3, 0.4) is 0 Å². The normalized spacial score (nSPS) is 11.5. The molecule has 1 N–H and O–H groups in total. The van der Waals surface area contributed by atoms with E-state index in [1.54, 1.807) is 19.1 Å². The molecule has 2 rings (SSSR count). The molecular weight excluding hydrogens is 304 g/mol. The molecule has 0 fully saturated rings. The van der Waals surface area contributed by atoms with Gasteiger partial charge in [-0.15, -0.1) is 22.9 Å². The Morgan fingerprint density at radius 3 is 2.53 bits per heavy atom. The zero-order valence-corrected chi connectivity index (χ0v) is 12.6. The molecule has 1 aromatic heterocycles. The van der Waals surface area contributed by atoms with Crippen LogP contribution in [0.1, 0.15) is 10.6 Å². The van der Waals surface area contributed by atoms with Crippen molar-refractivity contribution in [3.63, 3.8) is 0 Å². The summed E-state index contributed by atoms with van der Waals surface area (Å²) < 4.78 is 26.9. The molecule has 0 aliphatic heterocycles. The van der Waals surface area contributed by atoms with Crippen LogP contribution in [0.25, 0.3) is 0 Å². The zero-order valence-electron chi connectivity index (χ0n) is 10.3. The highest BCUT2D eigenvalue weighted by Crippen LogP contribution is 2.21. The van der Waals surface area contributed by atoms with Crippen molar-refractivity contribution in [3.8, 4) is 0 Å². The third-order valence-corrected chi connectivity index (χ3v) is 5.40. The van der Waals surface area contributed by atoms with Crippen LogP contribution in [0, 0.1) is 6.92 Å². The number of alkyl halides is 1. The highest BCUT2D eigenvalue weighted by Gasteiger charge is 2.16. The number of sulfonamides is 1. The van der Waals surface area contributed by atoms with Gasteiger partial charge in [-0.1, -0.05) is 12.1 Å². The maximum absolute atomic E-state index is 12.1. The van der Waals surface area contributed by atoms with Crippen molar-refractivity contribution in [3.05, 3.63) is 41.0 Å². The first kappa shape index (κ1) is 14.3. The number of hydrogen-bond donors (Lipinski definition) is 1. The summed E-state index contributed by atoms with van der Waals surface area (Å²) in [6.07, 6.45) is 2.13. The van der Waals surface area contributed by atoms with Gasteiger partial charge in [0.05, 0.1) is 11.2 Å². The second kappa shape index (κ2) is 5.90. The number of rotatable bonds is 5. The minimum Gasteiger partial charge on any atom is -0.279 e. The number of hydrogen-bond acceptors (Lipinski definition) is 4. The van der Waals surface area contributed by atoms with Gasteiger partial charge in [0.15, 0.2) is 4.21 Å². The standard InChI is InChI=1S/C12H13ClN2O2S2/c1-9-14-8-12(18-9)19(16,17)15-11-4-2-10(3-5-11)6-7-13/h2-5,8,15H,6-7H2,1H3. The molecule has 0 saturated carbocycles. The summed E-state index contributed by atoms with van der Waals surface area (Å²) >= 11 is 6.79. The molecular formula is C12H13ClN2O2S2. The Hall–Kier alpha value is -1.11. The molecule has 0 aliphatic rings. The number of anilines is 1. The monoisotopic (exact) mass is 316 g/mol. The summed E-state index contributed by atoms with van der Waals surface area (Å²) in [4.78, 5) is 3.95. The van der Waals surface area contributed by atoms with E-state index in [0.717, 1.165) is 28.3 Å². The van der Waals surface area contributed by atoms with Gasteiger partial charge in [0, 0.05) is 11.6 Å². The van der Waals surface area contributed by atoms with Gasteiger partial charge >= 0.3 is 0 Å². The van der Waals surface area contributed by atoms with E-state index in [4.69, 9.17) is 11.6 Å². The average Bonchev–Trinajstić information content (AvgIpc) is 2.79. The van der Waals surface area contributed by atoms with Gasteiger partial charge in [0.1, 0.15) is 0 Å². The van der Waals surface area contributed by atoms with E-state index in [-0.39, 0.29) is 4.21 Å². The molecule has 2 aromatic rings. The first-order valence-electron chi connectivity index (χ1n) is 5.61. The number of nitrogens with zero attached hydrogens (tertiary/aromatic N) is 1. The number of aromatic nitrogens is 1. The smallest absolute Gasteiger partial charge is 0.273 e. The lowest BCUT2D eigenvalue weighted by Crippen LogP contribution is -2.11. The first-order chi connectivity index (χ1) is 9.01. The zero-order chi connectivity index (χ0) is 13.9. The maximum atomic E-state index is 12.1. The lowest BCUT2D eigenvalue weighted by Gasteiger charge is -2.06. The van der Waals surface area contributed by atoms with Crippen molar-refractivity contribution in [2.75, 3.05) is 10.6 Å². The Labute approximate surface area is 121 Å². The minimum absolute atomic E-state index is 0.217. The van der Waals surface area contributed by atoms with E-state index < -0.39 is 10.0 Å². The van der Waals surface area contributed by atoms with E-state index in [1.165, 1.54) is 6.20 Å². The second-order valence-electron chi connectivity index (χ2n) is 3.94. The Morgan fingerprint density at radius 1 is 1.32 bits per heavy atom. The van der Waals surface area contributed by atoms with E-state index in [0.29, 0.717) is 11.6 Å². The minimum atomic E-state index is -3.54. The molecule has 0 saturated heterocycles. The van der Waals surface area contributed by atoms with Crippen LogP contribution in [0.2, 0.25) is 0 Å². The number of nitrogens with one attached hydrogen (secondary N) is 1. The maximum Gasteiger partial charge on any atom is 0.273 e. The summed E-state index contributed by atoms with van der Waals surface area (Å²) in [5.74, 6) is 0.547. The van der Waals surface area contributed by atoms with Crippen molar-refractivity contribution < 1.29 is 8.42 Å². The van der Waals surface area contributed by atoms with Crippen LogP contribution in [-0.4, -0.2) is 19.3 Å². The van der Waals surface area contributed by atoms with Gasteiger partial charge in [-0.25, -0.2) is 13.4 Å². The number of aryl methyl sites for hydroxylation is 2. The lowest BCUT2D eigenvalue weighted by atomic mass is 10.2. The Morgan fingerprint density at radius 2 is 2.00 bits per heavy atom. The molecule has 0 atom stereocenters. The Bertz CT molecular complexity index is 651. The summed E-state index contributed by atoms with van der Waals surface area (Å²) in [6, 6.07) is 7.18. The van der Waals surface area contributed by atoms with Crippen molar-refractivity contribution >= 4 is 38.6 Å². The topological polar surface area (TPSA) is 59.1 Å². The van der Waals surface area contributed by atoms with E-state index in [1.807, 2.05) is 12.1 Å². The van der Waals surface area contributed by atoms with Gasteiger partial charge in [-0.3, -0.25) is 4.72 Å². The van der Waals surface area contributed by atoms with Gasteiger partial charge < -0.3 is 0 Å². The molecule has 0 aliphatic carbocycles. The summed E-state index contributed by atoms with van der Waals surface area (Å²) in [6.45, 7) is 1.77. The fraction of sp³-hybridized carbons (Fsp3) is 0.250. The number of benzene rings is 1. The highest BCUT2D eigenvalue weighted by molar-refractivity contribution is 7.94.